The number of pyridine rings is 1. The van der Waals surface area contributed by atoms with Gasteiger partial charge < -0.3 is 19.4 Å². The second-order valence-corrected chi connectivity index (χ2v) is 9.32. The number of carbonyl (C=O) groups is 1. The van der Waals surface area contributed by atoms with Gasteiger partial charge in [-0.25, -0.2) is 8.42 Å². The lowest BCUT2D eigenvalue weighted by Gasteiger charge is -2.14. The number of amides is 1. The molecule has 2 heterocycles. The van der Waals surface area contributed by atoms with Gasteiger partial charge in [0.2, 0.25) is 28.0 Å². The Kier molecular flexibility index (Phi) is 5.10. The van der Waals surface area contributed by atoms with Crippen molar-refractivity contribution in [1.82, 2.24) is 4.57 Å². The fourth-order valence-electron chi connectivity index (χ4n) is 3.70. The van der Waals surface area contributed by atoms with Gasteiger partial charge in [-0.1, -0.05) is 30.3 Å². The van der Waals surface area contributed by atoms with Gasteiger partial charge in [0.05, 0.1) is 10.4 Å². The number of carbonyl (C=O) groups excluding carboxylic acids is 1. The minimum absolute atomic E-state index is 0.00809. The molecule has 9 heteroatoms. The van der Waals surface area contributed by atoms with Crippen molar-refractivity contribution >= 4 is 32.3 Å². The number of nitrogens with one attached hydrogen (secondary N) is 1. The average molecular weight is 462 g/mol. The second kappa shape index (κ2) is 8.10. The summed E-state index contributed by atoms with van der Waals surface area (Å²) in [6, 6.07) is 19.3. The van der Waals surface area contributed by atoms with Gasteiger partial charge in [0, 0.05) is 23.3 Å². The van der Waals surface area contributed by atoms with Crippen LogP contribution in [-0.2, 0) is 21.2 Å². The molecule has 5 rings (SSSR count). The van der Waals surface area contributed by atoms with Gasteiger partial charge in [0.25, 0.3) is 0 Å². The van der Waals surface area contributed by atoms with Crippen LogP contribution >= 0.6 is 0 Å². The van der Waals surface area contributed by atoms with E-state index in [9.17, 15) is 18.0 Å². The van der Waals surface area contributed by atoms with E-state index in [2.05, 4.69) is 5.32 Å². The van der Waals surface area contributed by atoms with Gasteiger partial charge in [-0.3, -0.25) is 9.59 Å². The summed E-state index contributed by atoms with van der Waals surface area (Å²) < 4.78 is 38.5. The molecule has 0 saturated heterocycles. The van der Waals surface area contributed by atoms with E-state index in [4.69, 9.17) is 9.47 Å². The third-order valence-corrected chi connectivity index (χ3v) is 7.03. The van der Waals surface area contributed by atoms with Crippen LogP contribution in [0.15, 0.2) is 93.6 Å². The SMILES string of the molecule is O=C(Cn1cc(S(=O)(=O)c2ccccc2)c(=O)c2ccccc21)Nc1ccc2c(c1)OCO2. The number of fused-ring (bicyclic) bond motifs is 2. The van der Waals surface area contributed by atoms with Gasteiger partial charge >= 0.3 is 0 Å². The van der Waals surface area contributed by atoms with E-state index in [1.165, 1.54) is 22.9 Å². The quantitative estimate of drug-likeness (QED) is 0.489. The Hall–Kier alpha value is -4.11. The predicted octanol–water partition coefficient (Wildman–Crippen LogP) is 3.20. The first-order chi connectivity index (χ1) is 15.9. The maximum absolute atomic E-state index is 13.2. The molecule has 0 saturated carbocycles. The van der Waals surface area contributed by atoms with E-state index >= 15 is 0 Å². The number of ether oxygens (including phenoxy) is 2. The molecule has 1 aliphatic heterocycles. The Balaban J connectivity index is 1.53. The Morgan fingerprint density at radius 3 is 2.48 bits per heavy atom. The highest BCUT2D eigenvalue weighted by molar-refractivity contribution is 7.91. The molecular weight excluding hydrogens is 444 g/mol. The zero-order chi connectivity index (χ0) is 23.0. The van der Waals surface area contributed by atoms with Gasteiger partial charge in [-0.15, -0.1) is 0 Å². The van der Waals surface area contributed by atoms with Crippen molar-refractivity contribution in [1.29, 1.82) is 0 Å². The lowest BCUT2D eigenvalue weighted by Crippen LogP contribution is -2.23. The number of anilines is 1. The highest BCUT2D eigenvalue weighted by Crippen LogP contribution is 2.34. The van der Waals surface area contributed by atoms with Crippen LogP contribution in [0.4, 0.5) is 5.69 Å². The predicted molar refractivity (Wildman–Crippen MR) is 121 cm³/mol. The van der Waals surface area contributed by atoms with E-state index in [-0.39, 0.29) is 28.5 Å². The van der Waals surface area contributed by atoms with Crippen molar-refractivity contribution < 1.29 is 22.7 Å². The van der Waals surface area contributed by atoms with Crippen LogP contribution in [-0.4, -0.2) is 25.7 Å². The van der Waals surface area contributed by atoms with Crippen molar-refractivity contribution in [2.24, 2.45) is 0 Å². The van der Waals surface area contributed by atoms with Crippen LogP contribution in [0.5, 0.6) is 11.5 Å². The minimum atomic E-state index is -4.08. The van der Waals surface area contributed by atoms with Gasteiger partial charge in [-0.05, 0) is 36.4 Å². The standard InChI is InChI=1S/C24H18N2O6S/c27-23(25-16-10-11-20-21(12-16)32-15-31-20)14-26-13-22(24(28)18-8-4-5-9-19(18)26)33(29,30)17-6-2-1-3-7-17/h1-13H,14-15H2,(H,25,27). The topological polar surface area (TPSA) is 104 Å². The molecule has 3 aromatic carbocycles. The molecule has 0 unspecified atom stereocenters. The fourth-order valence-corrected chi connectivity index (χ4v) is 5.09. The summed E-state index contributed by atoms with van der Waals surface area (Å²) in [5, 5.41) is 2.98. The van der Waals surface area contributed by atoms with Crippen molar-refractivity contribution in [2.45, 2.75) is 16.3 Å². The second-order valence-electron chi connectivity index (χ2n) is 7.40. The van der Waals surface area contributed by atoms with E-state index < -0.39 is 21.2 Å². The molecule has 0 radical (unpaired) electrons. The molecule has 0 atom stereocenters. The lowest BCUT2D eigenvalue weighted by molar-refractivity contribution is -0.116. The number of aromatic nitrogens is 1. The first-order valence-corrected chi connectivity index (χ1v) is 11.5. The Morgan fingerprint density at radius 2 is 1.67 bits per heavy atom. The smallest absolute Gasteiger partial charge is 0.244 e. The number of hydrogen-bond acceptors (Lipinski definition) is 6. The number of rotatable bonds is 5. The molecule has 1 aliphatic rings. The normalized spacial score (nSPS) is 12.6. The summed E-state index contributed by atoms with van der Waals surface area (Å²) in [5.41, 5.74) is 0.351. The third-order valence-electron chi connectivity index (χ3n) is 5.27. The number of benzene rings is 3. The van der Waals surface area contributed by atoms with E-state index in [1.807, 2.05) is 0 Å². The minimum Gasteiger partial charge on any atom is -0.454 e. The zero-order valence-electron chi connectivity index (χ0n) is 17.2. The number of nitrogens with zero attached hydrogens (tertiary/aromatic N) is 1. The fraction of sp³-hybridized carbons (Fsp3) is 0.0833. The lowest BCUT2D eigenvalue weighted by atomic mass is 10.2. The first kappa shape index (κ1) is 20.8. The molecule has 8 nitrogen and oxygen atoms in total. The molecule has 0 aliphatic carbocycles. The maximum atomic E-state index is 13.2. The molecular formula is C24H18N2O6S. The summed E-state index contributed by atoms with van der Waals surface area (Å²) >= 11 is 0. The highest BCUT2D eigenvalue weighted by Gasteiger charge is 2.24. The number of sulfone groups is 1. The van der Waals surface area contributed by atoms with Crippen molar-refractivity contribution in [3.05, 3.63) is 89.2 Å². The average Bonchev–Trinajstić information content (AvgIpc) is 3.29. The summed E-state index contributed by atoms with van der Waals surface area (Å²) in [5.74, 6) is 0.721. The van der Waals surface area contributed by atoms with Crippen molar-refractivity contribution in [3.8, 4) is 11.5 Å². The summed E-state index contributed by atoms with van der Waals surface area (Å²) in [6.45, 7) is -0.0820. The number of para-hydroxylation sites is 1. The van der Waals surface area contributed by atoms with Crippen LogP contribution in [0.3, 0.4) is 0 Å². The van der Waals surface area contributed by atoms with Crippen LogP contribution in [0.1, 0.15) is 0 Å². The van der Waals surface area contributed by atoms with E-state index in [0.29, 0.717) is 22.7 Å². The maximum Gasteiger partial charge on any atom is 0.244 e. The summed E-state index contributed by atoms with van der Waals surface area (Å²) in [7, 11) is -4.08. The molecule has 0 fully saturated rings. The molecule has 1 aromatic heterocycles. The summed E-state index contributed by atoms with van der Waals surface area (Å²) in [4.78, 5) is 25.5. The molecule has 0 spiro atoms. The molecule has 166 valence electrons. The van der Waals surface area contributed by atoms with Crippen LogP contribution < -0.4 is 20.2 Å². The molecule has 33 heavy (non-hydrogen) atoms. The molecule has 0 bridgehead atoms. The van der Waals surface area contributed by atoms with Crippen molar-refractivity contribution in [3.63, 3.8) is 0 Å². The van der Waals surface area contributed by atoms with Crippen LogP contribution in [0, 0.1) is 0 Å². The van der Waals surface area contributed by atoms with Gasteiger partial charge in [-0.2, -0.15) is 0 Å². The van der Waals surface area contributed by atoms with E-state index in [1.54, 1.807) is 60.7 Å². The van der Waals surface area contributed by atoms with Crippen LogP contribution in [0.25, 0.3) is 10.9 Å². The third kappa shape index (κ3) is 3.83. The van der Waals surface area contributed by atoms with E-state index in [0.717, 1.165) is 0 Å². The summed E-state index contributed by atoms with van der Waals surface area (Å²) in [6.07, 6.45) is 1.23. The number of hydrogen-bond donors (Lipinski definition) is 1. The van der Waals surface area contributed by atoms with Gasteiger partial charge in [0.1, 0.15) is 11.4 Å². The van der Waals surface area contributed by atoms with Gasteiger partial charge in [0.15, 0.2) is 11.5 Å². The Labute approximate surface area is 188 Å². The Morgan fingerprint density at radius 1 is 0.939 bits per heavy atom. The first-order valence-electron chi connectivity index (χ1n) is 10.1. The zero-order valence-corrected chi connectivity index (χ0v) is 18.0. The largest absolute Gasteiger partial charge is 0.454 e. The molecule has 1 N–H and O–H groups in total. The van der Waals surface area contributed by atoms with Crippen LogP contribution in [0.2, 0.25) is 0 Å². The van der Waals surface area contributed by atoms with Crippen molar-refractivity contribution in [2.75, 3.05) is 12.1 Å². The highest BCUT2D eigenvalue weighted by atomic mass is 32.2. The molecule has 4 aromatic rings. The monoisotopic (exact) mass is 462 g/mol. The Bertz CT molecular complexity index is 1540. The molecule has 1 amide bonds.